The second-order valence-corrected chi connectivity index (χ2v) is 6.15. The molecule has 1 fully saturated rings. The molecule has 0 aliphatic heterocycles. The van der Waals surface area contributed by atoms with Crippen LogP contribution in [0, 0.1) is 11.3 Å². The topological polar surface area (TPSA) is 38.9 Å². The maximum absolute atomic E-state index is 5.78. The second kappa shape index (κ2) is 4.22. The van der Waals surface area contributed by atoms with Crippen molar-refractivity contribution in [3.05, 3.63) is 16.1 Å². The summed E-state index contributed by atoms with van der Waals surface area (Å²) in [7, 11) is 0. The van der Waals surface area contributed by atoms with Gasteiger partial charge in [-0.1, -0.05) is 13.8 Å². The lowest BCUT2D eigenvalue weighted by Crippen LogP contribution is -2.17. The van der Waals surface area contributed by atoms with E-state index in [0.717, 1.165) is 19.4 Å². The fourth-order valence-electron chi connectivity index (χ4n) is 1.89. The Morgan fingerprint density at radius 3 is 2.80 bits per heavy atom. The van der Waals surface area contributed by atoms with E-state index in [1.807, 2.05) is 11.3 Å². The molecular weight excluding hydrogens is 204 g/mol. The Labute approximate surface area is 95.9 Å². The number of hydrogen-bond donors (Lipinski definition) is 1. The summed E-state index contributed by atoms with van der Waals surface area (Å²) in [6.45, 7) is 5.30. The molecule has 3 heteroatoms. The van der Waals surface area contributed by atoms with Gasteiger partial charge in [0.1, 0.15) is 0 Å². The van der Waals surface area contributed by atoms with Crippen LogP contribution in [0.1, 0.15) is 37.4 Å². The van der Waals surface area contributed by atoms with Crippen LogP contribution >= 0.6 is 11.3 Å². The lowest BCUT2D eigenvalue weighted by atomic mass is 10.0. The van der Waals surface area contributed by atoms with Gasteiger partial charge in [-0.05, 0) is 37.1 Å². The van der Waals surface area contributed by atoms with Gasteiger partial charge in [0.15, 0.2) is 0 Å². The molecule has 0 saturated heterocycles. The van der Waals surface area contributed by atoms with Crippen LogP contribution in [-0.4, -0.2) is 11.5 Å². The first-order valence-electron chi connectivity index (χ1n) is 5.77. The van der Waals surface area contributed by atoms with Crippen LogP contribution < -0.4 is 5.73 Å². The molecule has 1 heterocycles. The molecule has 1 saturated carbocycles. The van der Waals surface area contributed by atoms with Gasteiger partial charge in [-0.15, -0.1) is 11.3 Å². The Bertz CT molecular complexity index is 326. The first-order chi connectivity index (χ1) is 7.13. The number of aromatic nitrogens is 1. The second-order valence-electron chi connectivity index (χ2n) is 5.21. The van der Waals surface area contributed by atoms with Gasteiger partial charge >= 0.3 is 0 Å². The summed E-state index contributed by atoms with van der Waals surface area (Å²) in [5.74, 6) is 0.698. The van der Waals surface area contributed by atoms with Gasteiger partial charge in [0.05, 0.1) is 10.7 Å². The smallest absolute Gasteiger partial charge is 0.0934 e. The highest BCUT2D eigenvalue weighted by Crippen LogP contribution is 2.47. The molecule has 84 valence electrons. The Morgan fingerprint density at radius 2 is 2.27 bits per heavy atom. The highest BCUT2D eigenvalue weighted by molar-refractivity contribution is 7.09. The van der Waals surface area contributed by atoms with E-state index in [0.29, 0.717) is 11.3 Å². The third-order valence-corrected chi connectivity index (χ3v) is 4.03. The minimum absolute atomic E-state index is 0.424. The Balaban J connectivity index is 1.95. The van der Waals surface area contributed by atoms with Crippen LogP contribution in [-0.2, 0) is 12.8 Å². The third kappa shape index (κ3) is 2.79. The summed E-state index contributed by atoms with van der Waals surface area (Å²) >= 11 is 1.81. The molecule has 2 nitrogen and oxygen atoms in total. The van der Waals surface area contributed by atoms with Crippen LogP contribution in [0.4, 0.5) is 0 Å². The summed E-state index contributed by atoms with van der Waals surface area (Å²) in [5.41, 5.74) is 7.47. The van der Waals surface area contributed by atoms with Gasteiger partial charge in [0.2, 0.25) is 0 Å². The van der Waals surface area contributed by atoms with Gasteiger partial charge in [-0.25, -0.2) is 4.98 Å². The molecule has 15 heavy (non-hydrogen) atoms. The van der Waals surface area contributed by atoms with Crippen molar-refractivity contribution >= 4 is 11.3 Å². The van der Waals surface area contributed by atoms with E-state index in [-0.39, 0.29) is 0 Å². The summed E-state index contributed by atoms with van der Waals surface area (Å²) in [5, 5.41) is 3.50. The SMILES string of the molecule is CC(C)Cc1csc(CC2(CN)CC2)n1. The van der Waals surface area contributed by atoms with Crippen LogP contribution in [0.25, 0.3) is 0 Å². The van der Waals surface area contributed by atoms with Crippen LogP contribution in [0.5, 0.6) is 0 Å². The average molecular weight is 224 g/mol. The minimum Gasteiger partial charge on any atom is -0.330 e. The van der Waals surface area contributed by atoms with Crippen molar-refractivity contribution in [2.24, 2.45) is 17.1 Å². The molecule has 1 aliphatic carbocycles. The van der Waals surface area contributed by atoms with E-state index in [1.54, 1.807) is 0 Å². The summed E-state index contributed by atoms with van der Waals surface area (Å²) in [4.78, 5) is 4.69. The molecule has 0 radical (unpaired) electrons. The van der Waals surface area contributed by atoms with E-state index in [1.165, 1.54) is 23.5 Å². The number of hydrogen-bond acceptors (Lipinski definition) is 3. The van der Waals surface area contributed by atoms with Crippen molar-refractivity contribution < 1.29 is 0 Å². The normalized spacial score (nSPS) is 18.4. The quantitative estimate of drug-likeness (QED) is 0.835. The molecule has 1 aromatic heterocycles. The van der Waals surface area contributed by atoms with Crippen LogP contribution in [0.3, 0.4) is 0 Å². The molecule has 0 aromatic carbocycles. The van der Waals surface area contributed by atoms with Crippen molar-refractivity contribution in [1.82, 2.24) is 4.98 Å². The zero-order valence-electron chi connectivity index (χ0n) is 9.62. The molecule has 1 aliphatic rings. The number of thiazole rings is 1. The van der Waals surface area contributed by atoms with E-state index in [2.05, 4.69) is 24.2 Å². The molecular formula is C12H20N2S. The number of nitrogens with zero attached hydrogens (tertiary/aromatic N) is 1. The monoisotopic (exact) mass is 224 g/mol. The molecule has 0 spiro atoms. The Kier molecular flexibility index (Phi) is 3.12. The molecule has 2 N–H and O–H groups in total. The van der Waals surface area contributed by atoms with E-state index >= 15 is 0 Å². The Morgan fingerprint density at radius 1 is 1.53 bits per heavy atom. The van der Waals surface area contributed by atoms with Crippen molar-refractivity contribution in [2.75, 3.05) is 6.54 Å². The average Bonchev–Trinajstić information content (AvgIpc) is 2.82. The highest BCUT2D eigenvalue weighted by atomic mass is 32.1. The first-order valence-corrected chi connectivity index (χ1v) is 6.65. The van der Waals surface area contributed by atoms with Crippen molar-refractivity contribution in [3.63, 3.8) is 0 Å². The number of rotatable bonds is 5. The Hall–Kier alpha value is -0.410. The summed E-state index contributed by atoms with van der Waals surface area (Å²) < 4.78 is 0. The third-order valence-electron chi connectivity index (χ3n) is 3.13. The van der Waals surface area contributed by atoms with E-state index < -0.39 is 0 Å². The maximum atomic E-state index is 5.78. The fourth-order valence-corrected chi connectivity index (χ4v) is 2.87. The predicted octanol–water partition coefficient (Wildman–Crippen LogP) is 2.62. The fraction of sp³-hybridized carbons (Fsp3) is 0.750. The van der Waals surface area contributed by atoms with E-state index in [4.69, 9.17) is 5.73 Å². The summed E-state index contributed by atoms with van der Waals surface area (Å²) in [6, 6.07) is 0. The zero-order chi connectivity index (χ0) is 10.9. The van der Waals surface area contributed by atoms with Gasteiger partial charge in [0.25, 0.3) is 0 Å². The molecule has 0 atom stereocenters. The van der Waals surface area contributed by atoms with Crippen molar-refractivity contribution in [1.29, 1.82) is 0 Å². The molecule has 2 rings (SSSR count). The van der Waals surface area contributed by atoms with Gasteiger partial charge in [-0.2, -0.15) is 0 Å². The molecule has 1 aromatic rings. The van der Waals surface area contributed by atoms with Crippen molar-refractivity contribution in [3.8, 4) is 0 Å². The largest absolute Gasteiger partial charge is 0.330 e. The molecule has 0 amide bonds. The number of nitrogens with two attached hydrogens (primary N) is 1. The van der Waals surface area contributed by atoms with Crippen molar-refractivity contribution in [2.45, 2.75) is 39.5 Å². The van der Waals surface area contributed by atoms with Crippen LogP contribution in [0.15, 0.2) is 5.38 Å². The predicted molar refractivity (Wildman–Crippen MR) is 65.1 cm³/mol. The first kappa shape index (κ1) is 11.1. The molecule has 0 bridgehead atoms. The minimum atomic E-state index is 0.424. The van der Waals surface area contributed by atoms with E-state index in [9.17, 15) is 0 Å². The lowest BCUT2D eigenvalue weighted by Gasteiger charge is -2.08. The lowest BCUT2D eigenvalue weighted by molar-refractivity contribution is 0.518. The van der Waals surface area contributed by atoms with Crippen LogP contribution in [0.2, 0.25) is 0 Å². The van der Waals surface area contributed by atoms with Gasteiger partial charge < -0.3 is 5.73 Å². The molecule has 0 unspecified atom stereocenters. The standard InChI is InChI=1S/C12H20N2S/c1-9(2)5-10-7-15-11(14-10)6-12(8-13)3-4-12/h7,9H,3-6,8,13H2,1-2H3. The van der Waals surface area contributed by atoms with Gasteiger partial charge in [-0.3, -0.25) is 0 Å². The highest BCUT2D eigenvalue weighted by Gasteiger charge is 2.41. The summed E-state index contributed by atoms with van der Waals surface area (Å²) in [6.07, 6.45) is 4.80. The van der Waals surface area contributed by atoms with Gasteiger partial charge in [0, 0.05) is 11.8 Å². The maximum Gasteiger partial charge on any atom is 0.0934 e. The zero-order valence-corrected chi connectivity index (χ0v) is 10.4.